The average Bonchev–Trinajstić information content (AvgIpc) is 2.91. The first-order valence-electron chi connectivity index (χ1n) is 7.65. The molecule has 0 spiro atoms. The number of benzene rings is 2. The third kappa shape index (κ3) is 2.56. The van der Waals surface area contributed by atoms with Crippen molar-refractivity contribution in [3.63, 3.8) is 0 Å². The van der Waals surface area contributed by atoms with Gasteiger partial charge in [0.05, 0.1) is 11.2 Å². The van der Waals surface area contributed by atoms with Gasteiger partial charge in [0.15, 0.2) is 5.65 Å². The quantitative estimate of drug-likeness (QED) is 0.589. The normalized spacial score (nSPS) is 11.1. The van der Waals surface area contributed by atoms with Crippen LogP contribution in [0.2, 0.25) is 5.02 Å². The van der Waals surface area contributed by atoms with Crippen LogP contribution in [0.15, 0.2) is 48.5 Å². The molecule has 0 atom stereocenters. The number of hydrogen-bond donors (Lipinski definition) is 2. The molecule has 2 aromatic carbocycles. The molecule has 4 rings (SSSR count). The Balaban J connectivity index is 1.87. The number of rotatable bonds is 3. The summed E-state index contributed by atoms with van der Waals surface area (Å²) in [5.74, 6) is 0.204. The van der Waals surface area contributed by atoms with Crippen molar-refractivity contribution < 1.29 is 4.79 Å². The van der Waals surface area contributed by atoms with E-state index in [1.807, 2.05) is 31.2 Å². The van der Waals surface area contributed by atoms with Gasteiger partial charge >= 0.3 is 0 Å². The molecule has 2 heterocycles. The van der Waals surface area contributed by atoms with Crippen LogP contribution in [0.4, 0.5) is 11.5 Å². The highest BCUT2D eigenvalue weighted by Gasteiger charge is 2.14. The lowest BCUT2D eigenvalue weighted by Gasteiger charge is -2.10. The number of nitrogens with zero attached hydrogens (tertiary/aromatic N) is 3. The van der Waals surface area contributed by atoms with Crippen molar-refractivity contribution >= 4 is 45.6 Å². The summed E-state index contributed by atoms with van der Waals surface area (Å²) < 4.78 is 1.74. The predicted molar refractivity (Wildman–Crippen MR) is 98.5 cm³/mol. The highest BCUT2D eigenvalue weighted by atomic mass is 35.5. The van der Waals surface area contributed by atoms with E-state index in [1.165, 1.54) is 0 Å². The standard InChI is InChI=1S/C18H14ClN5O/c1-10-15(19)18-22-17(13-4-2-3-5-14(13)24(18)23-10)21-12-8-6-11(7-9-12)16(20)25/h2-9H,1H3,(H2,20,25)(H,21,22). The minimum atomic E-state index is -0.460. The van der Waals surface area contributed by atoms with E-state index in [0.717, 1.165) is 22.3 Å². The van der Waals surface area contributed by atoms with Gasteiger partial charge in [-0.15, -0.1) is 0 Å². The summed E-state index contributed by atoms with van der Waals surface area (Å²) in [6.45, 7) is 1.85. The van der Waals surface area contributed by atoms with Crippen LogP contribution >= 0.6 is 11.6 Å². The zero-order chi connectivity index (χ0) is 17.6. The molecular weight excluding hydrogens is 338 g/mol. The van der Waals surface area contributed by atoms with Crippen LogP contribution in [0.1, 0.15) is 16.1 Å². The molecule has 1 amide bonds. The number of halogens is 1. The van der Waals surface area contributed by atoms with Gasteiger partial charge < -0.3 is 11.1 Å². The molecule has 0 aliphatic carbocycles. The van der Waals surface area contributed by atoms with Gasteiger partial charge in [0.1, 0.15) is 10.8 Å². The van der Waals surface area contributed by atoms with E-state index < -0.39 is 5.91 Å². The summed E-state index contributed by atoms with van der Waals surface area (Å²) in [6, 6.07) is 14.7. The Morgan fingerprint density at radius 3 is 2.60 bits per heavy atom. The minimum absolute atomic E-state index is 0.452. The Kier molecular flexibility index (Phi) is 3.54. The molecule has 25 heavy (non-hydrogen) atoms. The fourth-order valence-electron chi connectivity index (χ4n) is 2.73. The zero-order valence-electron chi connectivity index (χ0n) is 13.3. The number of hydrogen-bond acceptors (Lipinski definition) is 4. The molecule has 0 unspecified atom stereocenters. The molecule has 0 radical (unpaired) electrons. The van der Waals surface area contributed by atoms with E-state index in [-0.39, 0.29) is 0 Å². The number of aromatic nitrogens is 3. The second-order valence-corrected chi connectivity index (χ2v) is 6.06. The Hall–Kier alpha value is -3.12. The molecule has 3 N–H and O–H groups in total. The summed E-state index contributed by atoms with van der Waals surface area (Å²) in [4.78, 5) is 15.8. The molecule has 7 heteroatoms. The number of nitrogens with one attached hydrogen (secondary N) is 1. The maximum atomic E-state index is 11.2. The van der Waals surface area contributed by atoms with Crippen molar-refractivity contribution in [2.75, 3.05) is 5.32 Å². The lowest BCUT2D eigenvalue weighted by atomic mass is 10.2. The minimum Gasteiger partial charge on any atom is -0.366 e. The van der Waals surface area contributed by atoms with Crippen LogP contribution < -0.4 is 11.1 Å². The topological polar surface area (TPSA) is 85.3 Å². The lowest BCUT2D eigenvalue weighted by molar-refractivity contribution is 0.100. The number of carbonyl (C=O) groups excluding carboxylic acids is 1. The molecule has 0 aliphatic rings. The van der Waals surface area contributed by atoms with Gasteiger partial charge in [-0.3, -0.25) is 4.79 Å². The summed E-state index contributed by atoms with van der Waals surface area (Å²) in [5, 5.41) is 9.18. The average molecular weight is 352 g/mol. The maximum absolute atomic E-state index is 11.2. The van der Waals surface area contributed by atoms with Crippen molar-refractivity contribution in [1.29, 1.82) is 0 Å². The van der Waals surface area contributed by atoms with Gasteiger partial charge in [-0.1, -0.05) is 23.7 Å². The fourth-order valence-corrected chi connectivity index (χ4v) is 2.90. The van der Waals surface area contributed by atoms with Gasteiger partial charge in [-0.25, -0.2) is 9.50 Å². The molecule has 124 valence electrons. The van der Waals surface area contributed by atoms with Crippen molar-refractivity contribution in [2.24, 2.45) is 5.73 Å². The fraction of sp³-hybridized carbons (Fsp3) is 0.0556. The van der Waals surface area contributed by atoms with Gasteiger partial charge in [-0.2, -0.15) is 5.10 Å². The third-order valence-corrected chi connectivity index (χ3v) is 4.44. The van der Waals surface area contributed by atoms with E-state index in [4.69, 9.17) is 17.3 Å². The lowest BCUT2D eigenvalue weighted by Crippen LogP contribution is -2.10. The van der Waals surface area contributed by atoms with E-state index in [1.54, 1.807) is 28.8 Å². The highest BCUT2D eigenvalue weighted by molar-refractivity contribution is 6.34. The number of carbonyl (C=O) groups is 1. The number of fused-ring (bicyclic) bond motifs is 3. The molecule has 2 aromatic heterocycles. The molecule has 4 aromatic rings. The van der Waals surface area contributed by atoms with E-state index in [9.17, 15) is 4.79 Å². The first-order valence-corrected chi connectivity index (χ1v) is 8.03. The first kappa shape index (κ1) is 15.4. The monoisotopic (exact) mass is 351 g/mol. The Morgan fingerprint density at radius 2 is 1.88 bits per heavy atom. The number of nitrogens with two attached hydrogens (primary N) is 1. The Bertz CT molecular complexity index is 1120. The molecule has 0 saturated heterocycles. The summed E-state index contributed by atoms with van der Waals surface area (Å²) >= 11 is 6.35. The van der Waals surface area contributed by atoms with Crippen molar-refractivity contribution in [3.05, 3.63) is 64.8 Å². The van der Waals surface area contributed by atoms with Crippen molar-refractivity contribution in [1.82, 2.24) is 14.6 Å². The number of anilines is 2. The molecule has 0 aliphatic heterocycles. The zero-order valence-corrected chi connectivity index (χ0v) is 14.1. The Morgan fingerprint density at radius 1 is 1.16 bits per heavy atom. The molecule has 6 nitrogen and oxygen atoms in total. The van der Waals surface area contributed by atoms with Crippen LogP contribution in [0, 0.1) is 6.92 Å². The van der Waals surface area contributed by atoms with Crippen molar-refractivity contribution in [3.8, 4) is 0 Å². The number of amides is 1. The number of primary amides is 1. The maximum Gasteiger partial charge on any atom is 0.248 e. The van der Waals surface area contributed by atoms with Crippen LogP contribution in [0.25, 0.3) is 16.6 Å². The van der Waals surface area contributed by atoms with Gasteiger partial charge in [0.25, 0.3) is 0 Å². The number of para-hydroxylation sites is 1. The van der Waals surface area contributed by atoms with E-state index in [2.05, 4.69) is 15.4 Å². The summed E-state index contributed by atoms with van der Waals surface area (Å²) in [7, 11) is 0. The second-order valence-electron chi connectivity index (χ2n) is 5.68. The molecular formula is C18H14ClN5O. The van der Waals surface area contributed by atoms with Crippen LogP contribution in [0.3, 0.4) is 0 Å². The van der Waals surface area contributed by atoms with Crippen LogP contribution in [-0.2, 0) is 0 Å². The van der Waals surface area contributed by atoms with E-state index >= 15 is 0 Å². The molecule has 0 saturated carbocycles. The SMILES string of the molecule is Cc1nn2c(nc(Nc3ccc(C(N)=O)cc3)c3ccccc32)c1Cl. The summed E-state index contributed by atoms with van der Waals surface area (Å²) in [6.07, 6.45) is 0. The van der Waals surface area contributed by atoms with Gasteiger partial charge in [-0.05, 0) is 43.3 Å². The van der Waals surface area contributed by atoms with Crippen molar-refractivity contribution in [2.45, 2.75) is 6.92 Å². The predicted octanol–water partition coefficient (Wildman–Crippen LogP) is 3.69. The van der Waals surface area contributed by atoms with Crippen LogP contribution in [0.5, 0.6) is 0 Å². The van der Waals surface area contributed by atoms with Gasteiger partial charge in [0, 0.05) is 16.6 Å². The van der Waals surface area contributed by atoms with Crippen LogP contribution in [-0.4, -0.2) is 20.5 Å². The largest absolute Gasteiger partial charge is 0.366 e. The highest BCUT2D eigenvalue weighted by Crippen LogP contribution is 2.29. The Labute approximate surface area is 148 Å². The van der Waals surface area contributed by atoms with E-state index in [0.29, 0.717) is 22.1 Å². The second kappa shape index (κ2) is 5.75. The smallest absolute Gasteiger partial charge is 0.248 e. The molecule has 0 bridgehead atoms. The summed E-state index contributed by atoms with van der Waals surface area (Å²) in [5.41, 5.74) is 8.74. The number of aryl methyl sites for hydroxylation is 1. The van der Waals surface area contributed by atoms with Gasteiger partial charge in [0.2, 0.25) is 5.91 Å². The molecule has 0 fully saturated rings. The third-order valence-electron chi connectivity index (χ3n) is 4.00. The first-order chi connectivity index (χ1) is 12.0.